The lowest BCUT2D eigenvalue weighted by atomic mass is 9.97. The molecule has 0 saturated carbocycles. The molecule has 1 saturated heterocycles. The van der Waals surface area contributed by atoms with Crippen molar-refractivity contribution >= 4 is 48.3 Å². The van der Waals surface area contributed by atoms with Gasteiger partial charge in [0.15, 0.2) is 5.13 Å². The number of sulfonamides is 1. The van der Waals surface area contributed by atoms with Crippen molar-refractivity contribution in [1.29, 1.82) is 0 Å². The lowest BCUT2D eigenvalue weighted by Crippen LogP contribution is -2.46. The van der Waals surface area contributed by atoms with Crippen LogP contribution in [0.1, 0.15) is 12.8 Å². The SMILES string of the molecule is CN(C)S(=O)(=O)N1CCC(C(=O)Nc2ccc(S(=O)(=O)Nc3nccs3)cc2)CC1. The number of hydrogen-bond acceptors (Lipinski definition) is 7. The average Bonchev–Trinajstić information content (AvgIpc) is 3.20. The Hall–Kier alpha value is -2.06. The maximum atomic E-state index is 12.5. The number of nitrogens with one attached hydrogen (secondary N) is 2. The van der Waals surface area contributed by atoms with Gasteiger partial charge in [-0.1, -0.05) is 0 Å². The number of piperidine rings is 1. The average molecular weight is 474 g/mol. The second-order valence-corrected chi connectivity index (χ2v) is 11.6. The van der Waals surface area contributed by atoms with E-state index in [0.29, 0.717) is 18.5 Å². The van der Waals surface area contributed by atoms with Gasteiger partial charge < -0.3 is 5.32 Å². The third kappa shape index (κ3) is 5.16. The summed E-state index contributed by atoms with van der Waals surface area (Å²) >= 11 is 1.17. The molecule has 13 heteroatoms. The molecule has 1 aliphatic rings. The van der Waals surface area contributed by atoms with Crippen molar-refractivity contribution in [1.82, 2.24) is 13.6 Å². The van der Waals surface area contributed by atoms with Crippen LogP contribution in [0, 0.1) is 5.92 Å². The van der Waals surface area contributed by atoms with Gasteiger partial charge in [0.05, 0.1) is 4.90 Å². The Morgan fingerprint density at radius 2 is 1.77 bits per heavy atom. The van der Waals surface area contributed by atoms with E-state index in [-0.39, 0.29) is 34.9 Å². The summed E-state index contributed by atoms with van der Waals surface area (Å²) in [7, 11) is -4.28. The van der Waals surface area contributed by atoms with Gasteiger partial charge in [0.1, 0.15) is 0 Å². The van der Waals surface area contributed by atoms with E-state index in [1.807, 2.05) is 0 Å². The second kappa shape index (κ2) is 8.98. The number of aromatic nitrogens is 1. The summed E-state index contributed by atoms with van der Waals surface area (Å²) in [4.78, 5) is 16.5. The highest BCUT2D eigenvalue weighted by Gasteiger charge is 2.32. The minimum absolute atomic E-state index is 0.0536. The molecule has 1 amide bonds. The van der Waals surface area contributed by atoms with Crippen LogP contribution in [0.4, 0.5) is 10.8 Å². The van der Waals surface area contributed by atoms with Gasteiger partial charge >= 0.3 is 0 Å². The standard InChI is InChI=1S/C17H23N5O5S3/c1-21(2)30(26,27)22-10-7-13(8-11-22)16(23)19-14-3-5-15(6-4-14)29(24,25)20-17-18-9-12-28-17/h3-6,9,12-13H,7-8,10-11H2,1-2H3,(H,18,20)(H,19,23). The van der Waals surface area contributed by atoms with Gasteiger partial charge in [-0.25, -0.2) is 13.4 Å². The molecule has 0 atom stereocenters. The molecule has 1 fully saturated rings. The van der Waals surface area contributed by atoms with Crippen LogP contribution in [0.3, 0.4) is 0 Å². The maximum Gasteiger partial charge on any atom is 0.281 e. The van der Waals surface area contributed by atoms with E-state index >= 15 is 0 Å². The predicted octanol–water partition coefficient (Wildman–Crippen LogP) is 1.40. The highest BCUT2D eigenvalue weighted by Crippen LogP contribution is 2.23. The fourth-order valence-corrected chi connectivity index (χ4v) is 5.91. The molecule has 0 spiro atoms. The molecule has 2 aromatic rings. The first-order chi connectivity index (χ1) is 14.1. The Morgan fingerprint density at radius 1 is 1.13 bits per heavy atom. The normalized spacial score (nSPS) is 16.5. The van der Waals surface area contributed by atoms with Gasteiger partial charge in [-0.3, -0.25) is 9.52 Å². The van der Waals surface area contributed by atoms with Crippen LogP contribution in [0.15, 0.2) is 40.7 Å². The summed E-state index contributed by atoms with van der Waals surface area (Å²) in [6, 6.07) is 5.83. The second-order valence-electron chi connectivity index (χ2n) is 6.92. The molecular weight excluding hydrogens is 450 g/mol. The number of amides is 1. The zero-order valence-corrected chi connectivity index (χ0v) is 18.9. The van der Waals surface area contributed by atoms with Gasteiger partial charge in [-0.15, -0.1) is 11.3 Å². The summed E-state index contributed by atoms with van der Waals surface area (Å²) in [6.45, 7) is 0.552. The molecule has 2 heterocycles. The molecule has 3 rings (SSSR count). The van der Waals surface area contributed by atoms with Crippen molar-refractivity contribution < 1.29 is 21.6 Å². The van der Waals surface area contributed by atoms with Gasteiger partial charge in [-0.05, 0) is 37.1 Å². The van der Waals surface area contributed by atoms with Crippen molar-refractivity contribution in [3.05, 3.63) is 35.8 Å². The van der Waals surface area contributed by atoms with E-state index in [2.05, 4.69) is 15.0 Å². The number of nitrogens with zero attached hydrogens (tertiary/aromatic N) is 3. The monoisotopic (exact) mass is 473 g/mol. The minimum Gasteiger partial charge on any atom is -0.326 e. The Bertz CT molecular complexity index is 1080. The van der Waals surface area contributed by atoms with Crippen molar-refractivity contribution in [3.63, 3.8) is 0 Å². The Kier molecular flexibility index (Phi) is 6.77. The number of benzene rings is 1. The van der Waals surface area contributed by atoms with Crippen molar-refractivity contribution in [3.8, 4) is 0 Å². The first kappa shape index (κ1) is 22.6. The molecule has 1 aromatic heterocycles. The number of carbonyl (C=O) groups is 1. The minimum atomic E-state index is -3.76. The smallest absolute Gasteiger partial charge is 0.281 e. The summed E-state index contributed by atoms with van der Waals surface area (Å²) < 4.78 is 53.9. The fourth-order valence-electron chi connectivity index (χ4n) is 2.99. The first-order valence-electron chi connectivity index (χ1n) is 9.10. The summed E-state index contributed by atoms with van der Waals surface area (Å²) in [5, 5.41) is 4.71. The Morgan fingerprint density at radius 3 is 2.30 bits per heavy atom. The molecule has 0 aliphatic carbocycles. The summed E-state index contributed by atoms with van der Waals surface area (Å²) in [5.41, 5.74) is 0.469. The van der Waals surface area contributed by atoms with E-state index in [9.17, 15) is 21.6 Å². The Labute approximate surface area is 180 Å². The van der Waals surface area contributed by atoms with Crippen LogP contribution >= 0.6 is 11.3 Å². The van der Waals surface area contributed by atoms with Crippen LogP contribution in [0.5, 0.6) is 0 Å². The highest BCUT2D eigenvalue weighted by atomic mass is 32.2. The molecule has 0 radical (unpaired) electrons. The quantitative estimate of drug-likeness (QED) is 0.625. The number of anilines is 2. The number of hydrogen-bond donors (Lipinski definition) is 2. The Balaban J connectivity index is 1.58. The van der Waals surface area contributed by atoms with E-state index in [4.69, 9.17) is 0 Å². The molecule has 0 unspecified atom stereocenters. The number of thiazole rings is 1. The van der Waals surface area contributed by atoms with Crippen LogP contribution < -0.4 is 10.0 Å². The van der Waals surface area contributed by atoms with E-state index in [1.165, 1.54) is 60.2 Å². The van der Waals surface area contributed by atoms with E-state index < -0.39 is 20.2 Å². The molecule has 10 nitrogen and oxygen atoms in total. The van der Waals surface area contributed by atoms with E-state index in [0.717, 1.165) is 4.31 Å². The van der Waals surface area contributed by atoms with Gasteiger partial charge in [0.25, 0.3) is 20.2 Å². The largest absolute Gasteiger partial charge is 0.326 e. The van der Waals surface area contributed by atoms with Crippen molar-refractivity contribution in [2.45, 2.75) is 17.7 Å². The summed E-state index contributed by atoms with van der Waals surface area (Å²) in [5.74, 6) is -0.526. The highest BCUT2D eigenvalue weighted by molar-refractivity contribution is 7.93. The molecule has 1 aliphatic heterocycles. The van der Waals surface area contributed by atoms with Gasteiger partial charge in [0.2, 0.25) is 5.91 Å². The first-order valence-corrected chi connectivity index (χ1v) is 12.9. The van der Waals surface area contributed by atoms with Gasteiger partial charge in [0, 0.05) is 50.4 Å². The third-order valence-corrected chi connectivity index (χ3v) is 8.81. The molecular formula is C17H23N5O5S3. The lowest BCUT2D eigenvalue weighted by Gasteiger charge is -2.32. The molecule has 164 valence electrons. The van der Waals surface area contributed by atoms with Crippen LogP contribution in [-0.4, -0.2) is 63.5 Å². The maximum absolute atomic E-state index is 12.5. The predicted molar refractivity (Wildman–Crippen MR) is 115 cm³/mol. The lowest BCUT2D eigenvalue weighted by molar-refractivity contribution is -0.120. The van der Waals surface area contributed by atoms with E-state index in [1.54, 1.807) is 5.38 Å². The zero-order valence-electron chi connectivity index (χ0n) is 16.5. The summed E-state index contributed by atoms with van der Waals surface area (Å²) in [6.07, 6.45) is 2.34. The molecule has 1 aromatic carbocycles. The number of carbonyl (C=O) groups excluding carboxylic acids is 1. The number of rotatable bonds is 7. The topological polar surface area (TPSA) is 129 Å². The van der Waals surface area contributed by atoms with Crippen LogP contribution in [-0.2, 0) is 25.0 Å². The third-order valence-electron chi connectivity index (χ3n) is 4.70. The van der Waals surface area contributed by atoms with Crippen molar-refractivity contribution in [2.24, 2.45) is 5.92 Å². The van der Waals surface area contributed by atoms with Gasteiger partial charge in [-0.2, -0.15) is 17.0 Å². The van der Waals surface area contributed by atoms with Crippen LogP contribution in [0.2, 0.25) is 0 Å². The van der Waals surface area contributed by atoms with Crippen molar-refractivity contribution in [2.75, 3.05) is 37.2 Å². The molecule has 2 N–H and O–H groups in total. The van der Waals surface area contributed by atoms with Crippen LogP contribution in [0.25, 0.3) is 0 Å². The zero-order chi connectivity index (χ0) is 21.9. The fraction of sp³-hybridized carbons (Fsp3) is 0.412. The molecule has 30 heavy (non-hydrogen) atoms. The molecule has 0 bridgehead atoms.